The fourth-order valence-corrected chi connectivity index (χ4v) is 2.73. The van der Waals surface area contributed by atoms with E-state index in [1.165, 1.54) is 0 Å². The fraction of sp³-hybridized carbons (Fsp3) is 0.400. The van der Waals surface area contributed by atoms with Gasteiger partial charge in [0.2, 0.25) is 0 Å². The predicted octanol–water partition coefficient (Wildman–Crippen LogP) is 4.89. The van der Waals surface area contributed by atoms with Crippen LogP contribution in [0.25, 0.3) is 22.6 Å². The van der Waals surface area contributed by atoms with Gasteiger partial charge in [-0.1, -0.05) is 65.0 Å². The van der Waals surface area contributed by atoms with Crippen LogP contribution in [-0.4, -0.2) is 19.5 Å². The Morgan fingerprint density at radius 2 is 1.83 bits per heavy atom. The van der Waals surface area contributed by atoms with Gasteiger partial charge in [0.1, 0.15) is 11.5 Å². The Kier molecular flexibility index (Phi) is 4.31. The molecule has 4 heteroatoms. The second kappa shape index (κ2) is 6.27. The number of hydrogen-bond acceptors (Lipinski definition) is 2. The molecule has 0 spiro atoms. The highest BCUT2D eigenvalue weighted by molar-refractivity contribution is 5.76. The molecule has 126 valence electrons. The second-order valence-electron chi connectivity index (χ2n) is 7.77. The molecule has 0 unspecified atom stereocenters. The molecule has 24 heavy (non-hydrogen) atoms. The third-order valence-corrected chi connectivity index (χ3v) is 3.93. The fourth-order valence-electron chi connectivity index (χ4n) is 2.73. The number of nitrogens with zero attached hydrogens (tertiary/aromatic N) is 3. The van der Waals surface area contributed by atoms with Gasteiger partial charge in [0, 0.05) is 23.7 Å². The van der Waals surface area contributed by atoms with Gasteiger partial charge in [0.25, 0.3) is 0 Å². The van der Waals surface area contributed by atoms with Crippen LogP contribution in [0.5, 0.6) is 0 Å². The highest BCUT2D eigenvalue weighted by Crippen LogP contribution is 2.32. The number of aromatic amines is 1. The van der Waals surface area contributed by atoms with E-state index in [1.807, 2.05) is 24.5 Å². The zero-order valence-electron chi connectivity index (χ0n) is 15.2. The lowest BCUT2D eigenvalue weighted by molar-refractivity contribution is 0.523. The molecule has 0 saturated carbocycles. The number of rotatable bonds is 4. The van der Waals surface area contributed by atoms with Crippen molar-refractivity contribution in [2.45, 2.75) is 46.6 Å². The minimum absolute atomic E-state index is 0.0394. The molecule has 0 fully saturated rings. The first-order valence-electron chi connectivity index (χ1n) is 8.52. The van der Waals surface area contributed by atoms with Crippen LogP contribution in [0, 0.1) is 5.92 Å². The highest BCUT2D eigenvalue weighted by Gasteiger charge is 2.23. The number of benzene rings is 1. The van der Waals surface area contributed by atoms with Crippen LogP contribution in [0.3, 0.4) is 0 Å². The maximum Gasteiger partial charge on any atom is 0.112 e. The topological polar surface area (TPSA) is 46.5 Å². The molecule has 4 nitrogen and oxygen atoms in total. The van der Waals surface area contributed by atoms with Crippen molar-refractivity contribution in [3.63, 3.8) is 0 Å². The van der Waals surface area contributed by atoms with Gasteiger partial charge in [0.15, 0.2) is 0 Å². The molecule has 0 saturated heterocycles. The van der Waals surface area contributed by atoms with Gasteiger partial charge in [0.05, 0.1) is 17.7 Å². The Labute approximate surface area is 144 Å². The zero-order chi connectivity index (χ0) is 17.3. The van der Waals surface area contributed by atoms with Crippen LogP contribution in [0.15, 0.2) is 42.9 Å². The van der Waals surface area contributed by atoms with Gasteiger partial charge >= 0.3 is 0 Å². The van der Waals surface area contributed by atoms with Crippen molar-refractivity contribution in [2.24, 2.45) is 5.92 Å². The van der Waals surface area contributed by atoms with Crippen LogP contribution in [0.2, 0.25) is 0 Å². The molecule has 0 amide bonds. The summed E-state index contributed by atoms with van der Waals surface area (Å²) in [6.07, 6.45) is 4.01. The van der Waals surface area contributed by atoms with Gasteiger partial charge in [-0.2, -0.15) is 0 Å². The van der Waals surface area contributed by atoms with E-state index >= 15 is 0 Å². The van der Waals surface area contributed by atoms with E-state index in [2.05, 4.69) is 67.5 Å². The summed E-state index contributed by atoms with van der Waals surface area (Å²) in [6.45, 7) is 11.9. The number of H-pyrrole nitrogens is 1. The van der Waals surface area contributed by atoms with Crippen LogP contribution in [0.1, 0.15) is 40.4 Å². The van der Waals surface area contributed by atoms with Crippen molar-refractivity contribution < 1.29 is 0 Å². The SMILES string of the molecule is CC(C)Cn1cnc(-c2[nH]c(C(C)(C)C)nc2-c2ccccc2)c1. The van der Waals surface area contributed by atoms with E-state index in [4.69, 9.17) is 4.98 Å². The van der Waals surface area contributed by atoms with Gasteiger partial charge in [-0.15, -0.1) is 0 Å². The zero-order valence-corrected chi connectivity index (χ0v) is 15.2. The molecule has 0 aliphatic carbocycles. The lowest BCUT2D eigenvalue weighted by Gasteiger charge is -2.14. The van der Waals surface area contributed by atoms with Gasteiger partial charge in [-0.05, 0) is 5.92 Å². The number of imidazole rings is 2. The van der Waals surface area contributed by atoms with Crippen LogP contribution in [0.4, 0.5) is 0 Å². The molecule has 2 heterocycles. The molecule has 2 aromatic heterocycles. The minimum atomic E-state index is -0.0394. The molecular weight excluding hydrogens is 296 g/mol. The van der Waals surface area contributed by atoms with Crippen molar-refractivity contribution in [1.29, 1.82) is 0 Å². The molecule has 0 bridgehead atoms. The van der Waals surface area contributed by atoms with Crippen molar-refractivity contribution in [3.05, 3.63) is 48.7 Å². The van der Waals surface area contributed by atoms with E-state index < -0.39 is 0 Å². The van der Waals surface area contributed by atoms with Crippen molar-refractivity contribution in [3.8, 4) is 22.6 Å². The first-order valence-corrected chi connectivity index (χ1v) is 8.52. The first kappa shape index (κ1) is 16.5. The summed E-state index contributed by atoms with van der Waals surface area (Å²) in [5.41, 5.74) is 3.97. The average Bonchev–Trinajstić information content (AvgIpc) is 3.13. The molecule has 0 atom stereocenters. The summed E-state index contributed by atoms with van der Waals surface area (Å²) in [4.78, 5) is 13.0. The molecule has 3 aromatic rings. The average molecular weight is 322 g/mol. The van der Waals surface area contributed by atoms with Crippen LogP contribution in [-0.2, 0) is 12.0 Å². The molecule has 1 aromatic carbocycles. The van der Waals surface area contributed by atoms with E-state index in [9.17, 15) is 0 Å². The van der Waals surface area contributed by atoms with Crippen LogP contribution >= 0.6 is 0 Å². The Morgan fingerprint density at radius 1 is 1.12 bits per heavy atom. The van der Waals surface area contributed by atoms with E-state index in [-0.39, 0.29) is 5.41 Å². The largest absolute Gasteiger partial charge is 0.340 e. The molecular formula is C20H26N4. The van der Waals surface area contributed by atoms with Gasteiger partial charge in [-0.3, -0.25) is 0 Å². The minimum Gasteiger partial charge on any atom is -0.340 e. The molecule has 0 radical (unpaired) electrons. The molecule has 0 aliphatic rings. The summed E-state index contributed by atoms with van der Waals surface area (Å²) in [5.74, 6) is 1.57. The molecule has 1 N–H and O–H groups in total. The first-order chi connectivity index (χ1) is 11.3. The summed E-state index contributed by atoms with van der Waals surface area (Å²) >= 11 is 0. The number of hydrogen-bond donors (Lipinski definition) is 1. The van der Waals surface area contributed by atoms with Gasteiger partial charge < -0.3 is 9.55 Å². The van der Waals surface area contributed by atoms with E-state index in [0.717, 1.165) is 35.0 Å². The van der Waals surface area contributed by atoms with Gasteiger partial charge in [-0.25, -0.2) is 9.97 Å². The summed E-state index contributed by atoms with van der Waals surface area (Å²) < 4.78 is 2.15. The molecule has 3 rings (SSSR count). The number of nitrogens with one attached hydrogen (secondary N) is 1. The normalized spacial score (nSPS) is 12.1. The standard InChI is InChI=1S/C20H26N4/c1-14(2)11-24-12-16(21-13-24)18-17(15-9-7-6-8-10-15)22-19(23-18)20(3,4)5/h6-10,12-14H,11H2,1-5H3,(H,22,23). The summed E-state index contributed by atoms with van der Waals surface area (Å²) in [6, 6.07) is 10.3. The lowest BCUT2D eigenvalue weighted by atomic mass is 9.96. The Morgan fingerprint density at radius 3 is 2.46 bits per heavy atom. The maximum atomic E-state index is 4.89. The smallest absolute Gasteiger partial charge is 0.112 e. The Bertz CT molecular complexity index is 804. The monoisotopic (exact) mass is 322 g/mol. The Hall–Kier alpha value is -2.36. The third-order valence-electron chi connectivity index (χ3n) is 3.93. The highest BCUT2D eigenvalue weighted by atomic mass is 15.1. The quantitative estimate of drug-likeness (QED) is 0.743. The van der Waals surface area contributed by atoms with Crippen molar-refractivity contribution in [2.75, 3.05) is 0 Å². The van der Waals surface area contributed by atoms with Crippen molar-refractivity contribution >= 4 is 0 Å². The summed E-state index contributed by atoms with van der Waals surface area (Å²) in [7, 11) is 0. The second-order valence-corrected chi connectivity index (χ2v) is 7.77. The van der Waals surface area contributed by atoms with Crippen molar-refractivity contribution in [1.82, 2.24) is 19.5 Å². The lowest BCUT2D eigenvalue weighted by Crippen LogP contribution is -2.13. The van der Waals surface area contributed by atoms with E-state index in [1.54, 1.807) is 0 Å². The molecule has 0 aliphatic heterocycles. The number of aromatic nitrogens is 4. The predicted molar refractivity (Wildman–Crippen MR) is 98.8 cm³/mol. The van der Waals surface area contributed by atoms with Crippen LogP contribution < -0.4 is 0 Å². The van der Waals surface area contributed by atoms with E-state index in [0.29, 0.717) is 5.92 Å². The Balaban J connectivity index is 2.09. The maximum absolute atomic E-state index is 4.89. The third kappa shape index (κ3) is 3.42. The summed E-state index contributed by atoms with van der Waals surface area (Å²) in [5, 5.41) is 0.